The van der Waals surface area contributed by atoms with Crippen molar-refractivity contribution in [2.75, 3.05) is 23.0 Å². The summed E-state index contributed by atoms with van der Waals surface area (Å²) in [4.78, 5) is 36.0. The molecule has 0 fully saturated rings. The van der Waals surface area contributed by atoms with Crippen molar-refractivity contribution >= 4 is 40.9 Å². The van der Waals surface area contributed by atoms with Crippen molar-refractivity contribution in [3.8, 4) is 11.5 Å². The average molecular weight is 452 g/mol. The number of hydrogen-bond donors (Lipinski definition) is 4. The number of carboxylic acid groups (broad SMARTS) is 1. The fourth-order valence-electron chi connectivity index (χ4n) is 2.63. The Morgan fingerprint density at radius 3 is 2.19 bits per heavy atom. The van der Waals surface area contributed by atoms with E-state index in [1.165, 1.54) is 30.0 Å². The second-order valence-corrected chi connectivity index (χ2v) is 7.60. The van der Waals surface area contributed by atoms with Gasteiger partial charge in [0.15, 0.2) is 6.61 Å². The average Bonchev–Trinajstić information content (AvgIpc) is 2.79. The van der Waals surface area contributed by atoms with Crippen molar-refractivity contribution in [3.05, 3.63) is 78.4 Å². The molecule has 32 heavy (non-hydrogen) atoms. The van der Waals surface area contributed by atoms with Crippen LogP contribution in [0, 0.1) is 0 Å². The molecule has 0 aromatic heterocycles. The third-order valence-corrected chi connectivity index (χ3v) is 5.14. The highest BCUT2D eigenvalue weighted by molar-refractivity contribution is 8.00. The largest absolute Gasteiger partial charge is 0.507 e. The van der Waals surface area contributed by atoms with E-state index in [1.54, 1.807) is 36.4 Å². The monoisotopic (exact) mass is 452 g/mol. The number of benzene rings is 3. The second-order valence-electron chi connectivity index (χ2n) is 6.55. The Bertz CT molecular complexity index is 1100. The molecule has 0 aliphatic heterocycles. The molecular formula is C23H20N2O6S. The number of rotatable bonds is 9. The number of nitrogens with one attached hydrogen (secondary N) is 2. The molecule has 0 radical (unpaired) electrons. The minimum Gasteiger partial charge on any atom is -0.507 e. The Morgan fingerprint density at radius 1 is 0.844 bits per heavy atom. The quantitative estimate of drug-likeness (QED) is 0.287. The predicted octanol–water partition coefficient (Wildman–Crippen LogP) is 3.84. The molecule has 0 aliphatic carbocycles. The van der Waals surface area contributed by atoms with Gasteiger partial charge in [-0.05, 0) is 54.6 Å². The van der Waals surface area contributed by atoms with Crippen LogP contribution in [-0.2, 0) is 9.59 Å². The zero-order valence-corrected chi connectivity index (χ0v) is 17.6. The van der Waals surface area contributed by atoms with Crippen LogP contribution in [0.4, 0.5) is 11.4 Å². The Hall–Kier alpha value is -3.98. The number of carbonyl (C=O) groups is 3. The van der Waals surface area contributed by atoms with E-state index in [0.717, 1.165) is 4.90 Å². The van der Waals surface area contributed by atoms with Crippen LogP contribution >= 0.6 is 11.8 Å². The molecule has 4 N–H and O–H groups in total. The fourth-order valence-corrected chi connectivity index (χ4v) is 3.33. The van der Waals surface area contributed by atoms with Crippen molar-refractivity contribution in [2.24, 2.45) is 0 Å². The minimum atomic E-state index is -1.29. The maximum Gasteiger partial charge on any atom is 0.339 e. The highest BCUT2D eigenvalue weighted by Gasteiger charge is 2.12. The number of aromatic hydroxyl groups is 1. The maximum atomic E-state index is 12.1. The van der Waals surface area contributed by atoms with E-state index < -0.39 is 5.97 Å². The topological polar surface area (TPSA) is 125 Å². The normalized spacial score (nSPS) is 10.2. The fraction of sp³-hybridized carbons (Fsp3) is 0.0870. The number of carboxylic acids is 1. The van der Waals surface area contributed by atoms with Gasteiger partial charge in [-0.25, -0.2) is 4.79 Å². The van der Waals surface area contributed by atoms with E-state index in [0.29, 0.717) is 11.4 Å². The smallest absolute Gasteiger partial charge is 0.339 e. The number of aromatic carboxylic acids is 1. The number of ether oxygens (including phenoxy) is 1. The predicted molar refractivity (Wildman–Crippen MR) is 121 cm³/mol. The summed E-state index contributed by atoms with van der Waals surface area (Å²) in [6.45, 7) is -0.110. The second kappa shape index (κ2) is 10.9. The first kappa shape index (κ1) is 22.7. The van der Waals surface area contributed by atoms with Gasteiger partial charge in [-0.1, -0.05) is 18.2 Å². The van der Waals surface area contributed by atoms with Gasteiger partial charge in [0.05, 0.1) is 5.75 Å². The van der Waals surface area contributed by atoms with Gasteiger partial charge in [0.25, 0.3) is 5.91 Å². The molecule has 3 aromatic carbocycles. The molecule has 0 saturated carbocycles. The number of phenols is 1. The highest BCUT2D eigenvalue weighted by Crippen LogP contribution is 2.23. The lowest BCUT2D eigenvalue weighted by Gasteiger charge is -2.09. The molecule has 0 bridgehead atoms. The van der Waals surface area contributed by atoms with Crippen molar-refractivity contribution in [3.63, 3.8) is 0 Å². The SMILES string of the molecule is O=C(COc1ccccc1)Nc1ccc(SCC(=O)Nc2ccc(O)c(C(=O)O)c2)cc1. The van der Waals surface area contributed by atoms with Gasteiger partial charge in [-0.3, -0.25) is 9.59 Å². The molecule has 0 unspecified atom stereocenters. The van der Waals surface area contributed by atoms with Gasteiger partial charge in [0.1, 0.15) is 17.1 Å². The van der Waals surface area contributed by atoms with Gasteiger partial charge in [-0.2, -0.15) is 0 Å². The highest BCUT2D eigenvalue weighted by atomic mass is 32.2. The summed E-state index contributed by atoms with van der Waals surface area (Å²) in [6.07, 6.45) is 0. The summed E-state index contributed by atoms with van der Waals surface area (Å²) in [6, 6.07) is 19.8. The number of anilines is 2. The molecule has 0 aliphatic rings. The van der Waals surface area contributed by atoms with Crippen LogP contribution in [0.25, 0.3) is 0 Å². The van der Waals surface area contributed by atoms with Crippen molar-refractivity contribution in [1.82, 2.24) is 0 Å². The van der Waals surface area contributed by atoms with Gasteiger partial charge >= 0.3 is 5.97 Å². The van der Waals surface area contributed by atoms with Crippen LogP contribution < -0.4 is 15.4 Å². The molecule has 3 aromatic rings. The Balaban J connectivity index is 1.45. The molecule has 2 amide bonds. The zero-order chi connectivity index (χ0) is 22.9. The van der Waals surface area contributed by atoms with Crippen LogP contribution in [0.2, 0.25) is 0 Å². The molecule has 0 heterocycles. The summed E-state index contributed by atoms with van der Waals surface area (Å²) >= 11 is 1.28. The number of hydrogen-bond acceptors (Lipinski definition) is 6. The van der Waals surface area contributed by atoms with E-state index in [9.17, 15) is 19.5 Å². The van der Waals surface area contributed by atoms with E-state index in [4.69, 9.17) is 9.84 Å². The summed E-state index contributed by atoms with van der Waals surface area (Å²) in [5.74, 6) is -1.56. The molecular weight excluding hydrogens is 432 g/mol. The van der Waals surface area contributed by atoms with Crippen molar-refractivity contribution in [1.29, 1.82) is 0 Å². The minimum absolute atomic E-state index is 0.0971. The number of para-hydroxylation sites is 1. The molecule has 0 spiro atoms. The molecule has 0 atom stereocenters. The zero-order valence-electron chi connectivity index (χ0n) is 16.8. The first-order valence-electron chi connectivity index (χ1n) is 9.47. The third-order valence-electron chi connectivity index (χ3n) is 4.13. The molecule has 8 nitrogen and oxygen atoms in total. The number of thioether (sulfide) groups is 1. The number of carbonyl (C=O) groups excluding carboxylic acids is 2. The van der Waals surface area contributed by atoms with E-state index in [-0.39, 0.29) is 41.2 Å². The Kier molecular flexibility index (Phi) is 7.71. The van der Waals surface area contributed by atoms with Crippen LogP contribution in [0.15, 0.2) is 77.7 Å². The lowest BCUT2D eigenvalue weighted by atomic mass is 10.2. The van der Waals surface area contributed by atoms with Gasteiger partial charge in [0, 0.05) is 16.3 Å². The van der Waals surface area contributed by atoms with Crippen LogP contribution in [0.1, 0.15) is 10.4 Å². The summed E-state index contributed by atoms with van der Waals surface area (Å²) in [5.41, 5.74) is 0.592. The van der Waals surface area contributed by atoms with Crippen LogP contribution in [0.3, 0.4) is 0 Å². The standard InChI is InChI=1S/C23H20N2O6S/c26-20-11-8-16(12-19(20)23(29)30)25-22(28)14-32-18-9-6-15(7-10-18)24-21(27)13-31-17-4-2-1-3-5-17/h1-12,26H,13-14H2,(H,24,27)(H,25,28)(H,29,30). The van der Waals surface area contributed by atoms with E-state index in [1.807, 2.05) is 18.2 Å². The molecule has 3 rings (SSSR count). The summed E-state index contributed by atoms with van der Waals surface area (Å²) in [7, 11) is 0. The van der Waals surface area contributed by atoms with Crippen LogP contribution in [-0.4, -0.2) is 40.4 Å². The summed E-state index contributed by atoms with van der Waals surface area (Å²) < 4.78 is 5.40. The Morgan fingerprint density at radius 2 is 1.50 bits per heavy atom. The van der Waals surface area contributed by atoms with Gasteiger partial charge in [0.2, 0.25) is 5.91 Å². The molecule has 164 valence electrons. The lowest BCUT2D eigenvalue weighted by molar-refractivity contribution is -0.118. The first-order valence-corrected chi connectivity index (χ1v) is 10.5. The maximum absolute atomic E-state index is 12.1. The number of amides is 2. The molecule has 0 saturated heterocycles. The van der Waals surface area contributed by atoms with Crippen LogP contribution in [0.5, 0.6) is 11.5 Å². The van der Waals surface area contributed by atoms with Gasteiger partial charge < -0.3 is 25.6 Å². The summed E-state index contributed by atoms with van der Waals surface area (Å²) in [5, 5.41) is 23.9. The van der Waals surface area contributed by atoms with E-state index in [2.05, 4.69) is 10.6 Å². The molecule has 9 heteroatoms. The first-order chi connectivity index (χ1) is 15.4. The lowest BCUT2D eigenvalue weighted by Crippen LogP contribution is -2.20. The van der Waals surface area contributed by atoms with Crippen molar-refractivity contribution in [2.45, 2.75) is 4.90 Å². The Labute approximate surface area is 188 Å². The third kappa shape index (κ3) is 6.78. The van der Waals surface area contributed by atoms with E-state index >= 15 is 0 Å². The van der Waals surface area contributed by atoms with Crippen molar-refractivity contribution < 1.29 is 29.3 Å². The van der Waals surface area contributed by atoms with Gasteiger partial charge in [-0.15, -0.1) is 11.8 Å².